The van der Waals surface area contributed by atoms with Gasteiger partial charge >= 0.3 is 0 Å². The maximum Gasteiger partial charge on any atom is 0.174 e. The summed E-state index contributed by atoms with van der Waals surface area (Å²) in [6, 6.07) is 0.480. The number of nitrogens with zero attached hydrogens (tertiary/aromatic N) is 3. The lowest BCUT2D eigenvalue weighted by molar-refractivity contribution is 0.289. The molecule has 0 saturated heterocycles. The first kappa shape index (κ1) is 12.2. The van der Waals surface area contributed by atoms with Crippen molar-refractivity contribution < 1.29 is 5.11 Å². The van der Waals surface area contributed by atoms with Crippen LogP contribution in [0.25, 0.3) is 0 Å². The maximum atomic E-state index is 9.21. The van der Waals surface area contributed by atoms with E-state index >= 15 is 0 Å². The van der Waals surface area contributed by atoms with Gasteiger partial charge in [0, 0.05) is 25.8 Å². The molecule has 0 radical (unpaired) electrons. The van der Waals surface area contributed by atoms with Crippen molar-refractivity contribution in [3.05, 3.63) is 6.20 Å². The third-order valence-corrected chi connectivity index (χ3v) is 3.46. The minimum Gasteiger partial charge on any atom is -0.395 e. The topological polar surface area (TPSA) is 67.3 Å². The van der Waals surface area contributed by atoms with Crippen LogP contribution < -0.4 is 10.6 Å². The maximum absolute atomic E-state index is 9.21. The lowest BCUT2D eigenvalue weighted by Gasteiger charge is -2.34. The third kappa shape index (κ3) is 2.72. The number of nitrogens with two attached hydrogens (primary N) is 1. The van der Waals surface area contributed by atoms with Crippen LogP contribution in [-0.2, 0) is 7.05 Å². The minimum absolute atomic E-state index is 0.145. The van der Waals surface area contributed by atoms with E-state index in [9.17, 15) is 5.11 Å². The molecule has 0 aliphatic heterocycles. The van der Waals surface area contributed by atoms with Gasteiger partial charge in [0.1, 0.15) is 0 Å². The van der Waals surface area contributed by atoms with Crippen LogP contribution in [0.15, 0.2) is 6.20 Å². The fraction of sp³-hybridized carbons (Fsp3) is 0.750. The van der Waals surface area contributed by atoms with Crippen molar-refractivity contribution in [3.63, 3.8) is 0 Å². The van der Waals surface area contributed by atoms with Crippen LogP contribution in [0.2, 0.25) is 0 Å². The summed E-state index contributed by atoms with van der Waals surface area (Å²) in [5.41, 5.74) is 6.67. The molecule has 96 valence electrons. The number of rotatable bonds is 4. The van der Waals surface area contributed by atoms with Crippen molar-refractivity contribution in [2.75, 3.05) is 23.8 Å². The first-order valence-corrected chi connectivity index (χ1v) is 6.39. The van der Waals surface area contributed by atoms with Gasteiger partial charge in [0.2, 0.25) is 0 Å². The van der Waals surface area contributed by atoms with Crippen molar-refractivity contribution in [2.45, 2.75) is 38.1 Å². The lowest BCUT2D eigenvalue weighted by Crippen LogP contribution is -2.39. The largest absolute Gasteiger partial charge is 0.395 e. The molecule has 0 spiro atoms. The zero-order valence-electron chi connectivity index (χ0n) is 10.5. The standard InChI is InChI=1S/C12H22N4O/c1-15-9-11(13)12(14-15)16(7-8-17)10-5-3-2-4-6-10/h9-10,17H,2-8,13H2,1H3. The van der Waals surface area contributed by atoms with Crippen LogP contribution >= 0.6 is 0 Å². The number of aliphatic hydroxyl groups is 1. The van der Waals surface area contributed by atoms with Crippen molar-refractivity contribution in [1.29, 1.82) is 0 Å². The molecule has 1 aliphatic rings. The molecule has 0 atom stereocenters. The van der Waals surface area contributed by atoms with Gasteiger partial charge in [-0.05, 0) is 12.8 Å². The molecule has 1 heterocycles. The summed E-state index contributed by atoms with van der Waals surface area (Å²) >= 11 is 0. The number of anilines is 2. The van der Waals surface area contributed by atoms with E-state index < -0.39 is 0 Å². The van der Waals surface area contributed by atoms with E-state index in [4.69, 9.17) is 5.73 Å². The number of aromatic nitrogens is 2. The molecule has 3 N–H and O–H groups in total. The molecule has 0 bridgehead atoms. The van der Waals surface area contributed by atoms with Gasteiger partial charge < -0.3 is 15.7 Å². The lowest BCUT2D eigenvalue weighted by atomic mass is 9.94. The van der Waals surface area contributed by atoms with Gasteiger partial charge in [-0.3, -0.25) is 4.68 Å². The van der Waals surface area contributed by atoms with E-state index in [-0.39, 0.29) is 6.61 Å². The van der Waals surface area contributed by atoms with Crippen molar-refractivity contribution in [2.24, 2.45) is 7.05 Å². The van der Waals surface area contributed by atoms with Gasteiger partial charge in [-0.1, -0.05) is 19.3 Å². The molecular formula is C12H22N4O. The van der Waals surface area contributed by atoms with Crippen LogP contribution in [-0.4, -0.2) is 34.1 Å². The Kier molecular flexibility index (Phi) is 3.89. The third-order valence-electron chi connectivity index (χ3n) is 3.46. The predicted molar refractivity (Wildman–Crippen MR) is 68.9 cm³/mol. The van der Waals surface area contributed by atoms with Gasteiger partial charge in [-0.2, -0.15) is 5.10 Å². The van der Waals surface area contributed by atoms with Crippen LogP contribution in [0, 0.1) is 0 Å². The number of hydrogen-bond acceptors (Lipinski definition) is 4. The Morgan fingerprint density at radius 3 is 2.71 bits per heavy atom. The van der Waals surface area contributed by atoms with Crippen molar-refractivity contribution in [1.82, 2.24) is 9.78 Å². The summed E-state index contributed by atoms with van der Waals surface area (Å²) < 4.78 is 1.73. The Bertz CT molecular complexity index is 357. The quantitative estimate of drug-likeness (QED) is 0.825. The summed E-state index contributed by atoms with van der Waals surface area (Å²) in [6.45, 7) is 0.762. The molecule has 0 unspecified atom stereocenters. The smallest absolute Gasteiger partial charge is 0.174 e. The fourth-order valence-electron chi connectivity index (χ4n) is 2.68. The molecule has 1 fully saturated rings. The van der Waals surface area contributed by atoms with E-state index in [2.05, 4.69) is 10.00 Å². The van der Waals surface area contributed by atoms with E-state index in [1.54, 1.807) is 4.68 Å². The summed E-state index contributed by atoms with van der Waals surface area (Å²) in [5.74, 6) is 0.827. The highest BCUT2D eigenvalue weighted by Crippen LogP contribution is 2.29. The summed E-state index contributed by atoms with van der Waals surface area (Å²) in [4.78, 5) is 2.18. The average molecular weight is 238 g/mol. The van der Waals surface area contributed by atoms with Gasteiger partial charge in [-0.15, -0.1) is 0 Å². The molecule has 1 aromatic rings. The Labute approximate surface area is 102 Å². The van der Waals surface area contributed by atoms with Crippen LogP contribution in [0.4, 0.5) is 11.5 Å². The van der Waals surface area contributed by atoms with Gasteiger partial charge in [0.25, 0.3) is 0 Å². The average Bonchev–Trinajstić information content (AvgIpc) is 2.66. The van der Waals surface area contributed by atoms with E-state index in [0.29, 0.717) is 18.3 Å². The zero-order chi connectivity index (χ0) is 12.3. The second-order valence-corrected chi connectivity index (χ2v) is 4.79. The molecule has 2 rings (SSSR count). The van der Waals surface area contributed by atoms with E-state index in [0.717, 1.165) is 5.82 Å². The highest BCUT2D eigenvalue weighted by atomic mass is 16.3. The van der Waals surface area contributed by atoms with Crippen LogP contribution in [0.3, 0.4) is 0 Å². The summed E-state index contributed by atoms with van der Waals surface area (Å²) in [5, 5.41) is 13.6. The number of nitrogen functional groups attached to an aromatic ring is 1. The molecule has 17 heavy (non-hydrogen) atoms. The molecule has 1 aromatic heterocycles. The molecule has 1 saturated carbocycles. The Morgan fingerprint density at radius 1 is 1.47 bits per heavy atom. The second kappa shape index (κ2) is 5.40. The van der Waals surface area contributed by atoms with Crippen molar-refractivity contribution in [3.8, 4) is 0 Å². The number of hydrogen-bond donors (Lipinski definition) is 2. The number of aryl methyl sites for hydroxylation is 1. The number of aliphatic hydroxyl groups excluding tert-OH is 1. The SMILES string of the molecule is Cn1cc(N)c(N(CCO)C2CCCCC2)n1. The Hall–Kier alpha value is -1.23. The monoisotopic (exact) mass is 238 g/mol. The second-order valence-electron chi connectivity index (χ2n) is 4.79. The fourth-order valence-corrected chi connectivity index (χ4v) is 2.68. The van der Waals surface area contributed by atoms with Gasteiger partial charge in [-0.25, -0.2) is 0 Å². The first-order valence-electron chi connectivity index (χ1n) is 6.39. The molecule has 5 nitrogen and oxygen atoms in total. The molecule has 1 aliphatic carbocycles. The normalized spacial score (nSPS) is 17.3. The Balaban J connectivity index is 2.18. The highest BCUT2D eigenvalue weighted by Gasteiger charge is 2.24. The Morgan fingerprint density at radius 2 is 2.18 bits per heavy atom. The molecular weight excluding hydrogens is 216 g/mol. The highest BCUT2D eigenvalue weighted by molar-refractivity contribution is 5.62. The van der Waals surface area contributed by atoms with Crippen LogP contribution in [0.1, 0.15) is 32.1 Å². The minimum atomic E-state index is 0.145. The zero-order valence-corrected chi connectivity index (χ0v) is 10.5. The van der Waals surface area contributed by atoms with Gasteiger partial charge in [0.05, 0.1) is 12.3 Å². The predicted octanol–water partition coefficient (Wildman–Crippen LogP) is 1.13. The molecule has 0 aromatic carbocycles. The van der Waals surface area contributed by atoms with E-state index in [1.165, 1.54) is 32.1 Å². The van der Waals surface area contributed by atoms with E-state index in [1.807, 2.05) is 13.2 Å². The molecule has 5 heteroatoms. The molecule has 0 amide bonds. The summed E-state index contributed by atoms with van der Waals surface area (Å²) in [6.07, 6.45) is 8.02. The van der Waals surface area contributed by atoms with Crippen LogP contribution in [0.5, 0.6) is 0 Å². The first-order chi connectivity index (χ1) is 8.22. The van der Waals surface area contributed by atoms with Gasteiger partial charge in [0.15, 0.2) is 5.82 Å². The summed E-state index contributed by atoms with van der Waals surface area (Å²) in [7, 11) is 1.87. The van der Waals surface area contributed by atoms with Crippen molar-refractivity contribution >= 4 is 11.5 Å².